The van der Waals surface area contributed by atoms with E-state index in [1.54, 1.807) is 11.8 Å². The number of unbranched alkanes of at least 4 members (excludes halogenated alkanes) is 1. The van der Waals surface area contributed by atoms with Gasteiger partial charge in [0.2, 0.25) is 0 Å². The maximum atomic E-state index is 13.1. The first kappa shape index (κ1) is 13.2. The van der Waals surface area contributed by atoms with E-state index >= 15 is 0 Å². The van der Waals surface area contributed by atoms with E-state index in [1.807, 2.05) is 6.26 Å². The summed E-state index contributed by atoms with van der Waals surface area (Å²) in [5, 5.41) is 2.64. The molecule has 0 saturated carbocycles. The van der Waals surface area contributed by atoms with Crippen LogP contribution in [-0.2, 0) is 0 Å². The highest BCUT2D eigenvalue weighted by Gasteiger charge is 2.10. The Morgan fingerprint density at radius 3 is 2.69 bits per heavy atom. The summed E-state index contributed by atoms with van der Waals surface area (Å²) in [7, 11) is 0. The lowest BCUT2D eigenvalue weighted by Gasteiger charge is -2.06. The van der Waals surface area contributed by atoms with Crippen LogP contribution in [0.3, 0.4) is 0 Å². The maximum Gasteiger partial charge on any atom is 0.251 e. The maximum absolute atomic E-state index is 13.1. The molecule has 0 atom stereocenters. The van der Waals surface area contributed by atoms with E-state index < -0.39 is 17.6 Å². The number of rotatable bonds is 6. The summed E-state index contributed by atoms with van der Waals surface area (Å²) in [5.74, 6) is -2.64. The highest BCUT2D eigenvalue weighted by molar-refractivity contribution is 7.98. The normalized spacial score (nSPS) is 10.5. The fourth-order valence-electron chi connectivity index (χ4n) is 1.15. The van der Waals surface area contributed by atoms with Crippen molar-refractivity contribution in [3.05, 3.63) is 23.6 Å². The summed E-state index contributed by atoms with van der Waals surface area (Å²) in [5.41, 5.74) is 0. The Bertz CT molecular complexity index is 347. The van der Waals surface area contributed by atoms with Crippen LogP contribution in [0.15, 0.2) is 6.07 Å². The van der Waals surface area contributed by atoms with Gasteiger partial charge in [0.05, 0.1) is 0 Å². The first-order valence-electron chi connectivity index (χ1n) is 4.89. The molecule has 1 heterocycles. The number of anilines is 1. The molecule has 0 aromatic carbocycles. The van der Waals surface area contributed by atoms with Crippen LogP contribution in [0.2, 0.25) is 0 Å². The van der Waals surface area contributed by atoms with Crippen molar-refractivity contribution < 1.29 is 13.2 Å². The number of nitrogens with zero attached hydrogens (tertiary/aromatic N) is 1. The lowest BCUT2D eigenvalue weighted by atomic mass is 10.3. The number of aromatic nitrogens is 1. The predicted molar refractivity (Wildman–Crippen MR) is 60.2 cm³/mol. The van der Waals surface area contributed by atoms with Crippen molar-refractivity contribution in [2.75, 3.05) is 23.9 Å². The second-order valence-corrected chi connectivity index (χ2v) is 4.20. The van der Waals surface area contributed by atoms with E-state index in [-0.39, 0.29) is 5.82 Å². The smallest absolute Gasteiger partial charge is 0.251 e. The number of nitrogens with one attached hydrogen (secondary N) is 1. The van der Waals surface area contributed by atoms with Gasteiger partial charge >= 0.3 is 0 Å². The molecule has 0 saturated heterocycles. The van der Waals surface area contributed by atoms with Gasteiger partial charge in [0.1, 0.15) is 0 Å². The van der Waals surface area contributed by atoms with Crippen molar-refractivity contribution in [1.82, 2.24) is 4.98 Å². The molecular weight excluding hydrogens is 237 g/mol. The van der Waals surface area contributed by atoms with Crippen LogP contribution in [0.5, 0.6) is 0 Å². The van der Waals surface area contributed by atoms with Crippen LogP contribution in [-0.4, -0.2) is 23.5 Å². The summed E-state index contributed by atoms with van der Waals surface area (Å²) in [4.78, 5) is 3.16. The predicted octanol–water partition coefficient (Wildman–Crippen LogP) is 3.05. The Kier molecular flexibility index (Phi) is 5.45. The quantitative estimate of drug-likeness (QED) is 0.620. The van der Waals surface area contributed by atoms with Gasteiger partial charge in [-0.05, 0) is 24.9 Å². The molecule has 2 nitrogen and oxygen atoms in total. The lowest BCUT2D eigenvalue weighted by molar-refractivity contribution is 0.466. The van der Waals surface area contributed by atoms with Gasteiger partial charge in [-0.3, -0.25) is 0 Å². The average molecular weight is 250 g/mol. The van der Waals surface area contributed by atoms with Gasteiger partial charge in [-0.15, -0.1) is 0 Å². The van der Waals surface area contributed by atoms with Crippen molar-refractivity contribution in [3.8, 4) is 0 Å². The first-order valence-corrected chi connectivity index (χ1v) is 6.29. The van der Waals surface area contributed by atoms with E-state index in [0.29, 0.717) is 12.6 Å². The van der Waals surface area contributed by atoms with Gasteiger partial charge in [0.25, 0.3) is 5.95 Å². The molecule has 0 unspecified atom stereocenters. The van der Waals surface area contributed by atoms with Crippen LogP contribution >= 0.6 is 11.8 Å². The Morgan fingerprint density at radius 2 is 2.00 bits per heavy atom. The minimum atomic E-state index is -1.28. The van der Waals surface area contributed by atoms with Crippen molar-refractivity contribution >= 4 is 17.6 Å². The summed E-state index contributed by atoms with van der Waals surface area (Å²) >= 11 is 1.73. The van der Waals surface area contributed by atoms with Crippen molar-refractivity contribution in [2.45, 2.75) is 12.8 Å². The van der Waals surface area contributed by atoms with Gasteiger partial charge in [0, 0.05) is 12.6 Å². The van der Waals surface area contributed by atoms with Crippen LogP contribution in [0, 0.1) is 17.6 Å². The fraction of sp³-hybridized carbons (Fsp3) is 0.500. The SMILES string of the molecule is CSCCCCNc1nc(F)c(F)cc1F. The molecule has 1 N–H and O–H groups in total. The number of hydrogen-bond donors (Lipinski definition) is 1. The molecule has 1 aromatic rings. The molecule has 0 fully saturated rings. The largest absolute Gasteiger partial charge is 0.368 e. The van der Waals surface area contributed by atoms with E-state index in [9.17, 15) is 13.2 Å². The molecule has 0 radical (unpaired) electrons. The molecule has 0 aliphatic rings. The van der Waals surface area contributed by atoms with Crippen LogP contribution in [0.25, 0.3) is 0 Å². The van der Waals surface area contributed by atoms with Crippen molar-refractivity contribution in [1.29, 1.82) is 0 Å². The molecule has 0 aliphatic carbocycles. The number of pyridine rings is 1. The third-order valence-corrected chi connectivity index (χ3v) is 2.65. The molecule has 16 heavy (non-hydrogen) atoms. The zero-order valence-corrected chi connectivity index (χ0v) is 9.71. The highest BCUT2D eigenvalue weighted by atomic mass is 32.2. The van der Waals surface area contributed by atoms with Crippen LogP contribution in [0.1, 0.15) is 12.8 Å². The summed E-state index contributed by atoms with van der Waals surface area (Å²) in [6.45, 7) is 0.496. The minimum Gasteiger partial charge on any atom is -0.368 e. The first-order chi connectivity index (χ1) is 7.65. The Hall–Kier alpha value is -0.910. The zero-order valence-electron chi connectivity index (χ0n) is 8.90. The summed E-state index contributed by atoms with van der Waals surface area (Å²) < 4.78 is 38.3. The summed E-state index contributed by atoms with van der Waals surface area (Å²) in [6.07, 6.45) is 3.82. The topological polar surface area (TPSA) is 24.9 Å². The Balaban J connectivity index is 2.45. The number of thioether (sulfide) groups is 1. The minimum absolute atomic E-state index is 0.233. The standard InChI is InChI=1S/C10H13F3N2S/c1-16-5-3-2-4-14-10-8(12)6-7(11)9(13)15-10/h6H,2-5H2,1H3,(H,14,15). The van der Waals surface area contributed by atoms with Gasteiger partial charge in [-0.25, -0.2) is 8.78 Å². The molecular formula is C10H13F3N2S. The van der Waals surface area contributed by atoms with Gasteiger partial charge in [0.15, 0.2) is 17.5 Å². The number of hydrogen-bond acceptors (Lipinski definition) is 3. The Morgan fingerprint density at radius 1 is 1.25 bits per heavy atom. The molecule has 1 aromatic heterocycles. The van der Waals surface area contributed by atoms with Crippen molar-refractivity contribution in [3.63, 3.8) is 0 Å². The summed E-state index contributed by atoms with van der Waals surface area (Å²) in [6, 6.07) is 0.493. The lowest BCUT2D eigenvalue weighted by Crippen LogP contribution is -2.07. The van der Waals surface area contributed by atoms with Gasteiger partial charge in [-0.2, -0.15) is 21.1 Å². The third-order valence-electron chi connectivity index (χ3n) is 1.95. The van der Waals surface area contributed by atoms with E-state index in [4.69, 9.17) is 0 Å². The Labute approximate surface area is 96.6 Å². The molecule has 0 spiro atoms. The molecule has 0 aliphatic heterocycles. The fourth-order valence-corrected chi connectivity index (χ4v) is 1.64. The monoisotopic (exact) mass is 250 g/mol. The van der Waals surface area contributed by atoms with E-state index in [2.05, 4.69) is 10.3 Å². The third kappa shape index (κ3) is 3.92. The second kappa shape index (κ2) is 6.62. The van der Waals surface area contributed by atoms with Crippen molar-refractivity contribution in [2.24, 2.45) is 0 Å². The number of halogens is 3. The molecule has 1 rings (SSSR count). The zero-order chi connectivity index (χ0) is 12.0. The molecule has 0 amide bonds. The van der Waals surface area contributed by atoms with Crippen LogP contribution < -0.4 is 5.32 Å². The molecule has 6 heteroatoms. The second-order valence-electron chi connectivity index (χ2n) is 3.22. The van der Waals surface area contributed by atoms with Gasteiger partial charge < -0.3 is 5.32 Å². The van der Waals surface area contributed by atoms with E-state index in [0.717, 1.165) is 18.6 Å². The highest BCUT2D eigenvalue weighted by Crippen LogP contribution is 2.14. The molecule has 90 valence electrons. The van der Waals surface area contributed by atoms with E-state index in [1.165, 1.54) is 0 Å². The molecule has 0 bridgehead atoms. The average Bonchev–Trinajstić information content (AvgIpc) is 2.25. The van der Waals surface area contributed by atoms with Crippen LogP contribution in [0.4, 0.5) is 19.0 Å². The van der Waals surface area contributed by atoms with Gasteiger partial charge in [-0.1, -0.05) is 0 Å².